The van der Waals surface area contributed by atoms with Gasteiger partial charge in [0.15, 0.2) is 5.65 Å². The Morgan fingerprint density at radius 2 is 1.86 bits per heavy atom. The zero-order chi connectivity index (χ0) is 20.5. The van der Waals surface area contributed by atoms with E-state index in [2.05, 4.69) is 20.1 Å². The standard InChI is InChI=1S/C19H23N5O3S/c1-12(2)24-18-14(11-21-24)9-15(10-20-18)19(25)22-13(3)16-7-5-6-8-17(16)23-28(4,26)27/h5-13,23H,1-4H3,(H,22,25). The maximum Gasteiger partial charge on any atom is 0.253 e. The number of benzene rings is 1. The molecule has 1 unspecified atom stereocenters. The molecule has 2 aromatic heterocycles. The lowest BCUT2D eigenvalue weighted by atomic mass is 10.1. The molecule has 28 heavy (non-hydrogen) atoms. The Bertz CT molecular complexity index is 1120. The second-order valence-electron chi connectivity index (χ2n) is 6.98. The van der Waals surface area contributed by atoms with Crippen molar-refractivity contribution in [1.82, 2.24) is 20.1 Å². The van der Waals surface area contributed by atoms with Crippen molar-refractivity contribution in [3.8, 4) is 0 Å². The van der Waals surface area contributed by atoms with E-state index in [4.69, 9.17) is 0 Å². The van der Waals surface area contributed by atoms with Crippen molar-refractivity contribution in [3.63, 3.8) is 0 Å². The minimum atomic E-state index is -3.42. The van der Waals surface area contributed by atoms with Crippen molar-refractivity contribution in [3.05, 3.63) is 53.9 Å². The van der Waals surface area contributed by atoms with Gasteiger partial charge in [-0.3, -0.25) is 9.52 Å². The fourth-order valence-electron chi connectivity index (χ4n) is 2.97. The Kier molecular flexibility index (Phi) is 5.37. The first-order valence-corrected chi connectivity index (χ1v) is 10.8. The number of nitrogens with zero attached hydrogens (tertiary/aromatic N) is 3. The molecule has 3 aromatic rings. The van der Waals surface area contributed by atoms with Crippen molar-refractivity contribution < 1.29 is 13.2 Å². The first-order valence-electron chi connectivity index (χ1n) is 8.86. The number of aromatic nitrogens is 3. The molecule has 0 aliphatic rings. The fraction of sp³-hybridized carbons (Fsp3) is 0.316. The number of carbonyl (C=O) groups is 1. The average Bonchev–Trinajstić information content (AvgIpc) is 3.04. The molecule has 1 amide bonds. The van der Waals surface area contributed by atoms with Gasteiger partial charge in [-0.2, -0.15) is 5.10 Å². The minimum Gasteiger partial charge on any atom is -0.345 e. The summed E-state index contributed by atoms with van der Waals surface area (Å²) in [5, 5.41) is 7.98. The maximum atomic E-state index is 12.7. The molecule has 0 aliphatic carbocycles. The Morgan fingerprint density at radius 3 is 2.54 bits per heavy atom. The second kappa shape index (κ2) is 7.59. The molecule has 1 aromatic carbocycles. The summed E-state index contributed by atoms with van der Waals surface area (Å²) in [6.07, 6.45) is 4.30. The smallest absolute Gasteiger partial charge is 0.253 e. The summed E-state index contributed by atoms with van der Waals surface area (Å²) in [7, 11) is -3.42. The van der Waals surface area contributed by atoms with Crippen LogP contribution >= 0.6 is 0 Å². The summed E-state index contributed by atoms with van der Waals surface area (Å²) < 4.78 is 27.4. The number of para-hydroxylation sites is 1. The van der Waals surface area contributed by atoms with E-state index in [9.17, 15) is 13.2 Å². The van der Waals surface area contributed by atoms with E-state index in [0.717, 1.165) is 17.3 Å². The lowest BCUT2D eigenvalue weighted by Crippen LogP contribution is -2.27. The van der Waals surface area contributed by atoms with Gasteiger partial charge in [0.2, 0.25) is 10.0 Å². The summed E-state index contributed by atoms with van der Waals surface area (Å²) in [4.78, 5) is 17.1. The first kappa shape index (κ1) is 19.8. The van der Waals surface area contributed by atoms with Crippen LogP contribution in [-0.2, 0) is 10.0 Å². The van der Waals surface area contributed by atoms with Crippen LogP contribution in [0.1, 0.15) is 48.8 Å². The van der Waals surface area contributed by atoms with Crippen LogP contribution in [0, 0.1) is 0 Å². The Balaban J connectivity index is 1.82. The maximum absolute atomic E-state index is 12.7. The number of sulfonamides is 1. The van der Waals surface area contributed by atoms with Crippen molar-refractivity contribution in [2.45, 2.75) is 32.9 Å². The molecule has 8 nitrogen and oxygen atoms in total. The molecule has 0 bridgehead atoms. The molecule has 1 atom stereocenters. The van der Waals surface area contributed by atoms with E-state index < -0.39 is 16.1 Å². The van der Waals surface area contributed by atoms with Crippen LogP contribution in [0.15, 0.2) is 42.7 Å². The summed E-state index contributed by atoms with van der Waals surface area (Å²) >= 11 is 0. The number of hydrogen-bond donors (Lipinski definition) is 2. The van der Waals surface area contributed by atoms with Crippen molar-refractivity contribution in [2.24, 2.45) is 0 Å². The molecular weight excluding hydrogens is 378 g/mol. The molecule has 0 spiro atoms. The van der Waals surface area contributed by atoms with Gasteiger partial charge in [0.05, 0.1) is 29.7 Å². The molecule has 2 heterocycles. The zero-order valence-corrected chi connectivity index (χ0v) is 17.0. The number of pyridine rings is 1. The van der Waals surface area contributed by atoms with Crippen LogP contribution in [0.2, 0.25) is 0 Å². The van der Waals surface area contributed by atoms with Crippen LogP contribution in [0.3, 0.4) is 0 Å². The van der Waals surface area contributed by atoms with Gasteiger partial charge < -0.3 is 5.32 Å². The number of rotatable bonds is 6. The van der Waals surface area contributed by atoms with E-state index in [0.29, 0.717) is 16.8 Å². The number of nitrogens with one attached hydrogen (secondary N) is 2. The van der Waals surface area contributed by atoms with Gasteiger partial charge >= 0.3 is 0 Å². The highest BCUT2D eigenvalue weighted by Gasteiger charge is 2.17. The molecule has 2 N–H and O–H groups in total. The van der Waals surface area contributed by atoms with Gasteiger partial charge in [0.1, 0.15) is 0 Å². The van der Waals surface area contributed by atoms with E-state index >= 15 is 0 Å². The largest absolute Gasteiger partial charge is 0.345 e. The number of carbonyl (C=O) groups excluding carboxylic acids is 1. The van der Waals surface area contributed by atoms with Gasteiger partial charge in [0, 0.05) is 17.6 Å². The van der Waals surface area contributed by atoms with Crippen molar-refractivity contribution in [1.29, 1.82) is 0 Å². The lowest BCUT2D eigenvalue weighted by molar-refractivity contribution is 0.0940. The van der Waals surface area contributed by atoms with E-state index in [1.807, 2.05) is 13.8 Å². The highest BCUT2D eigenvalue weighted by molar-refractivity contribution is 7.92. The van der Waals surface area contributed by atoms with Crippen LogP contribution in [0.5, 0.6) is 0 Å². The predicted octanol–water partition coefficient (Wildman–Crippen LogP) is 2.87. The fourth-order valence-corrected chi connectivity index (χ4v) is 3.55. The third kappa shape index (κ3) is 4.30. The molecule has 0 aliphatic heterocycles. The Morgan fingerprint density at radius 1 is 1.14 bits per heavy atom. The third-order valence-electron chi connectivity index (χ3n) is 4.25. The van der Waals surface area contributed by atoms with Gasteiger partial charge in [0.25, 0.3) is 5.91 Å². The molecule has 0 saturated carbocycles. The van der Waals surface area contributed by atoms with Crippen molar-refractivity contribution in [2.75, 3.05) is 11.0 Å². The van der Waals surface area contributed by atoms with Gasteiger partial charge in [-0.25, -0.2) is 18.1 Å². The Labute approximate surface area is 164 Å². The summed E-state index contributed by atoms with van der Waals surface area (Å²) in [6.45, 7) is 5.82. The monoisotopic (exact) mass is 401 g/mol. The number of amides is 1. The van der Waals surface area contributed by atoms with Crippen LogP contribution in [0.4, 0.5) is 5.69 Å². The normalized spacial score (nSPS) is 12.9. The van der Waals surface area contributed by atoms with Gasteiger partial charge in [-0.05, 0) is 38.5 Å². The Hall–Kier alpha value is -2.94. The molecular formula is C19H23N5O3S. The molecule has 3 rings (SSSR count). The number of anilines is 1. The van der Waals surface area contributed by atoms with E-state index in [1.54, 1.807) is 48.1 Å². The highest BCUT2D eigenvalue weighted by Crippen LogP contribution is 2.24. The molecule has 0 radical (unpaired) electrons. The molecule has 0 fully saturated rings. The SMILES string of the molecule is CC(NC(=O)c1cnc2c(cnn2C(C)C)c1)c1ccccc1NS(C)(=O)=O. The average molecular weight is 401 g/mol. The van der Waals surface area contributed by atoms with Crippen LogP contribution in [0.25, 0.3) is 11.0 Å². The molecule has 148 valence electrons. The minimum absolute atomic E-state index is 0.170. The van der Waals surface area contributed by atoms with Gasteiger partial charge in [-0.1, -0.05) is 18.2 Å². The zero-order valence-electron chi connectivity index (χ0n) is 16.2. The van der Waals surface area contributed by atoms with Crippen LogP contribution < -0.4 is 10.0 Å². The summed E-state index contributed by atoms with van der Waals surface area (Å²) in [6, 6.07) is 8.46. The highest BCUT2D eigenvalue weighted by atomic mass is 32.2. The van der Waals surface area contributed by atoms with Crippen LogP contribution in [-0.4, -0.2) is 35.3 Å². The third-order valence-corrected chi connectivity index (χ3v) is 4.85. The van der Waals surface area contributed by atoms with Gasteiger partial charge in [-0.15, -0.1) is 0 Å². The predicted molar refractivity (Wildman–Crippen MR) is 109 cm³/mol. The topological polar surface area (TPSA) is 106 Å². The summed E-state index contributed by atoms with van der Waals surface area (Å²) in [5.41, 5.74) is 2.24. The lowest BCUT2D eigenvalue weighted by Gasteiger charge is -2.18. The molecule has 9 heteroatoms. The second-order valence-corrected chi connectivity index (χ2v) is 8.72. The van der Waals surface area contributed by atoms with E-state index in [-0.39, 0.29) is 11.9 Å². The quantitative estimate of drug-likeness (QED) is 0.661. The summed E-state index contributed by atoms with van der Waals surface area (Å²) in [5.74, 6) is -0.298. The number of fused-ring (bicyclic) bond motifs is 1. The first-order chi connectivity index (χ1) is 13.2. The van der Waals surface area contributed by atoms with Crippen molar-refractivity contribution >= 4 is 32.7 Å². The molecule has 0 saturated heterocycles. The number of hydrogen-bond acceptors (Lipinski definition) is 5. The van der Waals surface area contributed by atoms with E-state index in [1.165, 1.54) is 6.20 Å².